The SMILES string of the molecule is CCCCCCCC1CC[Si]2(CC1)CCC(c1ccc(C#N)c(F)c1)CC2. The third-order valence-corrected chi connectivity index (χ3v) is 12.9. The van der Waals surface area contributed by atoms with E-state index in [2.05, 4.69) is 6.92 Å². The Morgan fingerprint density at radius 1 is 1.00 bits per heavy atom. The Bertz CT molecular complexity index is 632. The summed E-state index contributed by atoms with van der Waals surface area (Å²) in [5.74, 6) is 1.18. The zero-order chi connectivity index (χ0) is 19.1. The lowest BCUT2D eigenvalue weighted by Crippen LogP contribution is -2.41. The van der Waals surface area contributed by atoms with Crippen molar-refractivity contribution in [2.24, 2.45) is 5.92 Å². The molecule has 1 aromatic carbocycles. The van der Waals surface area contributed by atoms with Crippen LogP contribution in [0.25, 0.3) is 0 Å². The molecule has 2 heterocycles. The summed E-state index contributed by atoms with van der Waals surface area (Å²) in [5.41, 5.74) is 1.30. The minimum Gasteiger partial charge on any atom is -0.206 e. The molecule has 1 spiro atoms. The van der Waals surface area contributed by atoms with E-state index in [-0.39, 0.29) is 11.4 Å². The van der Waals surface area contributed by atoms with Gasteiger partial charge in [-0.15, -0.1) is 0 Å². The first-order valence-electron chi connectivity index (χ1n) is 11.4. The van der Waals surface area contributed by atoms with Crippen LogP contribution in [0.5, 0.6) is 0 Å². The zero-order valence-electron chi connectivity index (χ0n) is 17.1. The van der Waals surface area contributed by atoms with Crippen molar-refractivity contribution in [1.29, 1.82) is 5.26 Å². The summed E-state index contributed by atoms with van der Waals surface area (Å²) in [6, 6.07) is 13.2. The predicted octanol–water partition coefficient (Wildman–Crippen LogP) is 7.79. The van der Waals surface area contributed by atoms with Crippen molar-refractivity contribution in [2.75, 3.05) is 0 Å². The maximum Gasteiger partial charge on any atom is 0.141 e. The molecule has 1 aromatic rings. The van der Waals surface area contributed by atoms with Crippen LogP contribution < -0.4 is 0 Å². The molecule has 0 saturated carbocycles. The van der Waals surface area contributed by atoms with Gasteiger partial charge in [0.25, 0.3) is 0 Å². The van der Waals surface area contributed by atoms with Gasteiger partial charge in [0.2, 0.25) is 0 Å². The van der Waals surface area contributed by atoms with Crippen LogP contribution in [0, 0.1) is 23.1 Å². The van der Waals surface area contributed by atoms with E-state index in [1.54, 1.807) is 24.2 Å². The molecule has 3 rings (SSSR count). The van der Waals surface area contributed by atoms with E-state index >= 15 is 0 Å². The largest absolute Gasteiger partial charge is 0.206 e. The predicted molar refractivity (Wildman–Crippen MR) is 114 cm³/mol. The van der Waals surface area contributed by atoms with Crippen LogP contribution in [0.1, 0.15) is 88.2 Å². The van der Waals surface area contributed by atoms with Crippen LogP contribution in [0.4, 0.5) is 4.39 Å². The van der Waals surface area contributed by atoms with Crippen molar-refractivity contribution in [1.82, 2.24) is 0 Å². The van der Waals surface area contributed by atoms with Crippen LogP contribution >= 0.6 is 0 Å². The van der Waals surface area contributed by atoms with Crippen molar-refractivity contribution < 1.29 is 4.39 Å². The van der Waals surface area contributed by atoms with Gasteiger partial charge in [-0.2, -0.15) is 5.26 Å². The second-order valence-corrected chi connectivity index (χ2v) is 14.3. The highest BCUT2D eigenvalue weighted by molar-refractivity contribution is 6.80. The number of nitriles is 1. The molecule has 148 valence electrons. The van der Waals surface area contributed by atoms with Crippen molar-refractivity contribution in [3.05, 3.63) is 35.1 Å². The van der Waals surface area contributed by atoms with Crippen LogP contribution in [0.15, 0.2) is 18.2 Å². The van der Waals surface area contributed by atoms with Gasteiger partial charge >= 0.3 is 0 Å². The van der Waals surface area contributed by atoms with Gasteiger partial charge in [0.1, 0.15) is 11.9 Å². The molecule has 1 nitrogen and oxygen atoms in total. The first-order chi connectivity index (χ1) is 13.2. The lowest BCUT2D eigenvalue weighted by atomic mass is 9.92. The third kappa shape index (κ3) is 5.44. The minimum absolute atomic E-state index is 0.174. The van der Waals surface area contributed by atoms with Crippen LogP contribution in [-0.4, -0.2) is 8.07 Å². The molecular weight excluding hydrogens is 349 g/mol. The molecule has 27 heavy (non-hydrogen) atoms. The molecule has 2 fully saturated rings. The van der Waals surface area contributed by atoms with E-state index < -0.39 is 8.07 Å². The molecule has 0 radical (unpaired) electrons. The first-order valence-corrected chi connectivity index (χ1v) is 14.2. The molecule has 3 heteroatoms. The average Bonchev–Trinajstić information content (AvgIpc) is 2.70. The Hall–Kier alpha value is -1.14. The fraction of sp³-hybridized carbons (Fsp3) is 0.708. The Morgan fingerprint density at radius 3 is 2.30 bits per heavy atom. The van der Waals surface area contributed by atoms with E-state index in [0.717, 1.165) is 11.5 Å². The molecule has 2 aliphatic rings. The van der Waals surface area contributed by atoms with Gasteiger partial charge in [-0.25, -0.2) is 4.39 Å². The molecule has 2 saturated heterocycles. The van der Waals surface area contributed by atoms with E-state index in [0.29, 0.717) is 5.92 Å². The second-order valence-electron chi connectivity index (χ2n) is 9.27. The van der Waals surface area contributed by atoms with Gasteiger partial charge in [0.05, 0.1) is 13.6 Å². The van der Waals surface area contributed by atoms with Crippen molar-refractivity contribution in [3.63, 3.8) is 0 Å². The second kappa shape index (κ2) is 9.87. The lowest BCUT2D eigenvalue weighted by Gasteiger charge is -2.43. The molecule has 0 N–H and O–H groups in total. The van der Waals surface area contributed by atoms with E-state index in [1.165, 1.54) is 76.3 Å². The summed E-state index contributed by atoms with van der Waals surface area (Å²) in [6.07, 6.45) is 14.0. The molecule has 0 bridgehead atoms. The average molecular weight is 386 g/mol. The van der Waals surface area contributed by atoms with E-state index in [9.17, 15) is 4.39 Å². The monoisotopic (exact) mass is 385 g/mol. The Kier molecular flexibility index (Phi) is 7.53. The Morgan fingerprint density at radius 2 is 1.67 bits per heavy atom. The van der Waals surface area contributed by atoms with Gasteiger partial charge in [0.15, 0.2) is 0 Å². The molecule has 0 aromatic heterocycles. The summed E-state index contributed by atoms with van der Waals surface area (Å²) in [6.45, 7) is 2.29. The van der Waals surface area contributed by atoms with E-state index in [4.69, 9.17) is 5.26 Å². The van der Waals surface area contributed by atoms with Gasteiger partial charge in [-0.3, -0.25) is 0 Å². The first kappa shape index (κ1) is 20.6. The maximum atomic E-state index is 14.0. The van der Waals surface area contributed by atoms with E-state index in [1.807, 2.05) is 12.1 Å². The standard InChI is InChI=1S/C24H36FNSi/c1-2-3-4-5-6-7-20-10-14-27(15-11-20)16-12-21(13-17-27)22-8-9-23(19-26)24(25)18-22/h8-9,18,20-21H,2-7,10-17H2,1H3. The van der Waals surface area contributed by atoms with Crippen LogP contribution in [-0.2, 0) is 0 Å². The molecule has 0 amide bonds. The van der Waals surface area contributed by atoms with Crippen molar-refractivity contribution in [3.8, 4) is 6.07 Å². The number of hydrogen-bond donors (Lipinski definition) is 0. The van der Waals surface area contributed by atoms with Crippen LogP contribution in [0.2, 0.25) is 24.2 Å². The summed E-state index contributed by atoms with van der Waals surface area (Å²) in [7, 11) is -1.02. The number of halogens is 1. The fourth-order valence-electron chi connectivity index (χ4n) is 5.55. The smallest absolute Gasteiger partial charge is 0.141 e. The fourth-order valence-corrected chi connectivity index (χ4v) is 11.0. The van der Waals surface area contributed by atoms with Gasteiger partial charge in [0, 0.05) is 0 Å². The summed E-state index contributed by atoms with van der Waals surface area (Å²) in [4.78, 5) is 0. The number of rotatable bonds is 7. The number of unbranched alkanes of at least 4 members (excludes halogenated alkanes) is 4. The topological polar surface area (TPSA) is 23.8 Å². The van der Waals surface area contributed by atoms with Crippen LogP contribution in [0.3, 0.4) is 0 Å². The molecule has 0 unspecified atom stereocenters. The molecular formula is C24H36FNSi. The van der Waals surface area contributed by atoms with Gasteiger partial charge in [-0.1, -0.05) is 88.5 Å². The normalized spacial score (nSPS) is 28.2. The van der Waals surface area contributed by atoms with Crippen molar-refractivity contribution in [2.45, 2.75) is 101 Å². The lowest BCUT2D eigenvalue weighted by molar-refractivity contribution is 0.404. The Labute approximate surface area is 166 Å². The van der Waals surface area contributed by atoms with Gasteiger partial charge < -0.3 is 0 Å². The summed E-state index contributed by atoms with van der Waals surface area (Å²) in [5, 5.41) is 8.91. The molecule has 0 atom stereocenters. The highest BCUT2D eigenvalue weighted by atomic mass is 28.3. The highest BCUT2D eigenvalue weighted by Crippen LogP contribution is 2.47. The minimum atomic E-state index is -1.02. The number of benzene rings is 1. The third-order valence-electron chi connectivity index (χ3n) is 7.51. The Balaban J connectivity index is 1.43. The highest BCUT2D eigenvalue weighted by Gasteiger charge is 2.40. The molecule has 0 aliphatic carbocycles. The maximum absolute atomic E-state index is 14.0. The number of hydrogen-bond acceptors (Lipinski definition) is 1. The summed E-state index contributed by atoms with van der Waals surface area (Å²) < 4.78 is 14.0. The van der Waals surface area contributed by atoms with Gasteiger partial charge in [-0.05, 0) is 42.4 Å². The summed E-state index contributed by atoms with van der Waals surface area (Å²) >= 11 is 0. The molecule has 2 aliphatic heterocycles. The zero-order valence-corrected chi connectivity index (χ0v) is 18.1. The number of nitrogens with zero attached hydrogens (tertiary/aromatic N) is 1. The van der Waals surface area contributed by atoms with Crippen molar-refractivity contribution >= 4 is 8.07 Å². The quantitative estimate of drug-likeness (QED) is 0.347.